The van der Waals surface area contributed by atoms with Gasteiger partial charge in [-0.15, -0.1) is 0 Å². The smallest absolute Gasteiger partial charge is 0.119 e. The van der Waals surface area contributed by atoms with E-state index in [-0.39, 0.29) is 5.54 Å². The lowest BCUT2D eigenvalue weighted by molar-refractivity contribution is 0.148. The summed E-state index contributed by atoms with van der Waals surface area (Å²) < 4.78 is 5.49. The second-order valence-corrected chi connectivity index (χ2v) is 5.76. The molecule has 1 aromatic carbocycles. The van der Waals surface area contributed by atoms with Crippen molar-refractivity contribution in [2.75, 3.05) is 26.2 Å². The number of benzene rings is 1. The highest BCUT2D eigenvalue weighted by Crippen LogP contribution is 2.16. The van der Waals surface area contributed by atoms with Crippen molar-refractivity contribution in [1.29, 1.82) is 0 Å². The molecule has 0 aliphatic carbocycles. The zero-order valence-electron chi connectivity index (χ0n) is 12.0. The summed E-state index contributed by atoms with van der Waals surface area (Å²) in [6.45, 7) is 13.0. The zero-order chi connectivity index (χ0) is 13.7. The van der Waals surface area contributed by atoms with Gasteiger partial charge in [0.1, 0.15) is 12.4 Å². The molecule has 0 saturated carbocycles. The fraction of sp³-hybridized carbons (Fsp3) is 0.500. The maximum absolute atomic E-state index is 5.49. The largest absolute Gasteiger partial charge is 0.490 e. The molecule has 1 fully saturated rings. The zero-order valence-corrected chi connectivity index (χ0v) is 12.0. The molecule has 0 spiro atoms. The third-order valence-electron chi connectivity index (χ3n) is 3.35. The fourth-order valence-corrected chi connectivity index (χ4v) is 2.49. The summed E-state index contributed by atoms with van der Waals surface area (Å²) >= 11 is 0. The lowest BCUT2D eigenvalue weighted by Crippen LogP contribution is -2.56. The summed E-state index contributed by atoms with van der Waals surface area (Å²) in [5.74, 6) is 0.907. The molecule has 1 N–H and O–H groups in total. The van der Waals surface area contributed by atoms with Gasteiger partial charge in [-0.1, -0.05) is 24.8 Å². The Morgan fingerprint density at radius 3 is 2.74 bits per heavy atom. The first kappa shape index (κ1) is 14.1. The van der Waals surface area contributed by atoms with Gasteiger partial charge in [-0.3, -0.25) is 4.90 Å². The Balaban J connectivity index is 1.90. The first-order valence-corrected chi connectivity index (χ1v) is 6.89. The molecular weight excluding hydrogens is 236 g/mol. The Hall–Kier alpha value is -1.32. The Kier molecular flexibility index (Phi) is 4.61. The minimum Gasteiger partial charge on any atom is -0.490 e. The van der Waals surface area contributed by atoms with Crippen molar-refractivity contribution in [3.8, 4) is 5.75 Å². The van der Waals surface area contributed by atoms with Gasteiger partial charge >= 0.3 is 0 Å². The first-order chi connectivity index (χ1) is 9.09. The molecule has 104 valence electrons. The highest BCUT2D eigenvalue weighted by molar-refractivity contribution is 5.27. The van der Waals surface area contributed by atoms with Crippen molar-refractivity contribution in [3.05, 3.63) is 42.5 Å². The fourth-order valence-electron chi connectivity index (χ4n) is 2.49. The average Bonchev–Trinajstić information content (AvgIpc) is 2.37. The van der Waals surface area contributed by atoms with Crippen LogP contribution < -0.4 is 10.1 Å². The second-order valence-electron chi connectivity index (χ2n) is 5.76. The van der Waals surface area contributed by atoms with E-state index in [0.717, 1.165) is 31.9 Å². The number of hydrogen-bond donors (Lipinski definition) is 1. The van der Waals surface area contributed by atoms with Crippen molar-refractivity contribution in [1.82, 2.24) is 10.2 Å². The van der Waals surface area contributed by atoms with Crippen LogP contribution in [0.1, 0.15) is 19.4 Å². The van der Waals surface area contributed by atoms with E-state index in [0.29, 0.717) is 6.61 Å². The topological polar surface area (TPSA) is 24.5 Å². The second kappa shape index (κ2) is 6.22. The normalized spacial score (nSPS) is 19.1. The molecule has 1 aliphatic heterocycles. The van der Waals surface area contributed by atoms with E-state index in [9.17, 15) is 0 Å². The minimum absolute atomic E-state index is 0.214. The van der Waals surface area contributed by atoms with E-state index in [4.69, 9.17) is 4.74 Å². The molecule has 0 unspecified atom stereocenters. The number of ether oxygens (including phenoxy) is 1. The van der Waals surface area contributed by atoms with E-state index in [1.165, 1.54) is 5.56 Å². The van der Waals surface area contributed by atoms with Crippen LogP contribution in [0.4, 0.5) is 0 Å². The third kappa shape index (κ3) is 4.37. The quantitative estimate of drug-likeness (QED) is 0.823. The van der Waals surface area contributed by atoms with E-state index in [1.807, 2.05) is 12.1 Å². The van der Waals surface area contributed by atoms with Gasteiger partial charge in [-0.25, -0.2) is 0 Å². The summed E-state index contributed by atoms with van der Waals surface area (Å²) in [6, 6.07) is 8.36. The number of nitrogens with one attached hydrogen (secondary N) is 1. The summed E-state index contributed by atoms with van der Waals surface area (Å²) in [5.41, 5.74) is 1.55. The molecule has 3 heteroatoms. The molecular formula is C16H24N2O. The van der Waals surface area contributed by atoms with Crippen LogP contribution in [0.15, 0.2) is 36.9 Å². The van der Waals surface area contributed by atoms with E-state index < -0.39 is 0 Å². The van der Waals surface area contributed by atoms with Crippen LogP contribution in [0.25, 0.3) is 0 Å². The predicted octanol–water partition coefficient (Wildman–Crippen LogP) is 2.44. The monoisotopic (exact) mass is 260 g/mol. The SMILES string of the molecule is C=CCOc1ccc(CN2CCNC(C)(C)C2)cc1. The highest BCUT2D eigenvalue weighted by atomic mass is 16.5. The van der Waals surface area contributed by atoms with Gasteiger partial charge in [0.25, 0.3) is 0 Å². The van der Waals surface area contributed by atoms with Gasteiger partial charge < -0.3 is 10.1 Å². The van der Waals surface area contributed by atoms with Crippen molar-refractivity contribution in [2.45, 2.75) is 25.9 Å². The van der Waals surface area contributed by atoms with Crippen LogP contribution >= 0.6 is 0 Å². The summed E-state index contributed by atoms with van der Waals surface area (Å²) in [6.07, 6.45) is 1.76. The number of piperazine rings is 1. The van der Waals surface area contributed by atoms with E-state index in [2.05, 4.69) is 42.8 Å². The maximum atomic E-state index is 5.49. The van der Waals surface area contributed by atoms with Gasteiger partial charge in [0.15, 0.2) is 0 Å². The lowest BCUT2D eigenvalue weighted by atomic mass is 10.0. The van der Waals surface area contributed by atoms with Gasteiger partial charge in [-0.2, -0.15) is 0 Å². The van der Waals surface area contributed by atoms with Crippen LogP contribution in [0.2, 0.25) is 0 Å². The molecule has 1 aliphatic rings. The maximum Gasteiger partial charge on any atom is 0.119 e. The molecule has 3 nitrogen and oxygen atoms in total. The summed E-state index contributed by atoms with van der Waals surface area (Å²) in [5, 5.41) is 3.54. The van der Waals surface area contributed by atoms with Crippen LogP contribution in [-0.2, 0) is 6.54 Å². The standard InChI is InChI=1S/C16H24N2O/c1-4-11-19-15-7-5-14(6-8-15)12-18-10-9-17-16(2,3)13-18/h4-8,17H,1,9-13H2,2-3H3. The molecule has 0 bridgehead atoms. The van der Waals surface area contributed by atoms with Gasteiger partial charge in [-0.05, 0) is 31.5 Å². The number of nitrogens with zero attached hydrogens (tertiary/aromatic N) is 1. The molecule has 2 rings (SSSR count). The van der Waals surface area contributed by atoms with E-state index in [1.54, 1.807) is 6.08 Å². The molecule has 19 heavy (non-hydrogen) atoms. The van der Waals surface area contributed by atoms with Crippen molar-refractivity contribution >= 4 is 0 Å². The van der Waals surface area contributed by atoms with E-state index >= 15 is 0 Å². The molecule has 1 heterocycles. The lowest BCUT2D eigenvalue weighted by Gasteiger charge is -2.39. The van der Waals surface area contributed by atoms with Gasteiger partial charge in [0, 0.05) is 31.7 Å². The summed E-state index contributed by atoms with van der Waals surface area (Å²) in [7, 11) is 0. The molecule has 0 radical (unpaired) electrons. The van der Waals surface area contributed by atoms with Gasteiger partial charge in [0.05, 0.1) is 0 Å². The summed E-state index contributed by atoms with van der Waals surface area (Å²) in [4.78, 5) is 2.50. The van der Waals surface area contributed by atoms with Crippen molar-refractivity contribution in [2.24, 2.45) is 0 Å². The van der Waals surface area contributed by atoms with Gasteiger partial charge in [0.2, 0.25) is 0 Å². The van der Waals surface area contributed by atoms with Crippen molar-refractivity contribution in [3.63, 3.8) is 0 Å². The van der Waals surface area contributed by atoms with Crippen LogP contribution in [-0.4, -0.2) is 36.7 Å². The van der Waals surface area contributed by atoms with Crippen molar-refractivity contribution < 1.29 is 4.74 Å². The Morgan fingerprint density at radius 2 is 2.11 bits per heavy atom. The molecule has 1 aromatic rings. The number of rotatable bonds is 5. The third-order valence-corrected chi connectivity index (χ3v) is 3.35. The number of hydrogen-bond acceptors (Lipinski definition) is 3. The predicted molar refractivity (Wildman–Crippen MR) is 79.5 cm³/mol. The van der Waals surface area contributed by atoms with Crippen LogP contribution in [0, 0.1) is 0 Å². The molecule has 0 aromatic heterocycles. The van der Waals surface area contributed by atoms with Crippen LogP contribution in [0.5, 0.6) is 5.75 Å². The average molecular weight is 260 g/mol. The van der Waals surface area contributed by atoms with Crippen LogP contribution in [0.3, 0.4) is 0 Å². The minimum atomic E-state index is 0.214. The highest BCUT2D eigenvalue weighted by Gasteiger charge is 2.25. The first-order valence-electron chi connectivity index (χ1n) is 6.89. The Labute approximate surface area is 116 Å². The molecule has 0 amide bonds. The Morgan fingerprint density at radius 1 is 1.37 bits per heavy atom. The molecule has 0 atom stereocenters. The molecule has 1 saturated heterocycles. The Bertz CT molecular complexity index is 411.